The van der Waals surface area contributed by atoms with Crippen LogP contribution in [0.15, 0.2) is 29.4 Å². The van der Waals surface area contributed by atoms with Gasteiger partial charge in [0.2, 0.25) is 15.2 Å². The first-order valence-electron chi connectivity index (χ1n) is 14.3. The Balaban J connectivity index is 1.30. The topological polar surface area (TPSA) is 133 Å². The van der Waals surface area contributed by atoms with E-state index < -0.39 is 45.1 Å². The van der Waals surface area contributed by atoms with E-state index in [4.69, 9.17) is 0 Å². The predicted octanol–water partition coefficient (Wildman–Crippen LogP) is 4.35. The van der Waals surface area contributed by atoms with Gasteiger partial charge in [-0.3, -0.25) is 9.47 Å². The first-order chi connectivity index (χ1) is 21.4. The second-order valence-corrected chi connectivity index (χ2v) is 14.3. The molecule has 2 aliphatic heterocycles. The van der Waals surface area contributed by atoms with Crippen LogP contribution < -0.4 is 9.62 Å². The van der Waals surface area contributed by atoms with E-state index in [0.29, 0.717) is 53.7 Å². The minimum absolute atomic E-state index is 0.0112. The largest absolute Gasteiger partial charge is 0.353 e. The van der Waals surface area contributed by atoms with Gasteiger partial charge in [0.05, 0.1) is 28.4 Å². The van der Waals surface area contributed by atoms with E-state index in [1.165, 1.54) is 29.1 Å². The third-order valence-electron chi connectivity index (χ3n) is 8.72. The van der Waals surface area contributed by atoms with E-state index in [9.17, 15) is 31.2 Å². The number of likely N-dealkylation sites (tertiary alicyclic amines) is 1. The number of nitrogens with zero attached hydrogens (tertiary/aromatic N) is 8. The zero-order chi connectivity index (χ0) is 31.7. The van der Waals surface area contributed by atoms with E-state index in [1.54, 1.807) is 9.80 Å². The average Bonchev–Trinajstić information content (AvgIpc) is 3.44. The summed E-state index contributed by atoms with van der Waals surface area (Å²) in [4.78, 5) is 12.2. The lowest BCUT2D eigenvalue weighted by Crippen LogP contribution is -2.55. The summed E-state index contributed by atoms with van der Waals surface area (Å²) in [5.74, 6) is -2.39. The molecule has 1 unspecified atom stereocenters. The number of rotatable bonds is 7. The second-order valence-electron chi connectivity index (χ2n) is 11.6. The zero-order valence-electron chi connectivity index (χ0n) is 23.5. The van der Waals surface area contributed by atoms with Crippen LogP contribution in [-0.4, -0.2) is 87.9 Å². The van der Waals surface area contributed by atoms with Crippen LogP contribution in [0.4, 0.5) is 27.8 Å². The molecule has 11 nitrogen and oxygen atoms in total. The lowest BCUT2D eigenvalue weighted by atomic mass is 9.97. The Morgan fingerprint density at radius 1 is 1.09 bits per heavy atom. The third-order valence-corrected chi connectivity index (χ3v) is 11.2. The molecule has 3 fully saturated rings. The molecule has 5 heterocycles. The van der Waals surface area contributed by atoms with Crippen molar-refractivity contribution in [2.75, 3.05) is 31.1 Å². The number of benzene rings is 1. The molecule has 3 aromatic heterocycles. The van der Waals surface area contributed by atoms with Crippen molar-refractivity contribution in [2.24, 2.45) is 0 Å². The monoisotopic (exact) mass is 667 g/mol. The highest BCUT2D eigenvalue weighted by molar-refractivity contribution is 7.89. The quantitative estimate of drug-likeness (QED) is 0.286. The highest BCUT2D eigenvalue weighted by atomic mass is 32.2. The van der Waals surface area contributed by atoms with Crippen LogP contribution in [0.2, 0.25) is 0 Å². The maximum Gasteiger partial charge on any atom is 0.291 e. The molecule has 1 aromatic carbocycles. The summed E-state index contributed by atoms with van der Waals surface area (Å²) in [6.45, 7) is 0.512. The lowest BCUT2D eigenvalue weighted by molar-refractivity contribution is -0.0712. The van der Waals surface area contributed by atoms with E-state index in [2.05, 4.69) is 24.9 Å². The second kappa shape index (κ2) is 10.8. The van der Waals surface area contributed by atoms with Gasteiger partial charge < -0.3 is 4.90 Å². The summed E-state index contributed by atoms with van der Waals surface area (Å²) < 4.78 is 100. The molecular formula is C27H26F5N9O2S2. The maximum absolute atomic E-state index is 15.7. The van der Waals surface area contributed by atoms with Gasteiger partial charge in [-0.05, 0) is 31.4 Å². The predicted molar refractivity (Wildman–Crippen MR) is 154 cm³/mol. The molecule has 3 aliphatic rings. The molecule has 0 spiro atoms. The normalized spacial score (nSPS) is 23.5. The van der Waals surface area contributed by atoms with Gasteiger partial charge in [-0.1, -0.05) is 17.4 Å². The van der Waals surface area contributed by atoms with Gasteiger partial charge >= 0.3 is 0 Å². The number of piperidine rings is 2. The summed E-state index contributed by atoms with van der Waals surface area (Å²) in [5, 5.41) is 17.3. The summed E-state index contributed by atoms with van der Waals surface area (Å²) >= 11 is 0.613. The first-order valence-corrected chi connectivity index (χ1v) is 16.6. The minimum atomic E-state index is -4.15. The average molecular weight is 668 g/mol. The van der Waals surface area contributed by atoms with E-state index in [-0.39, 0.29) is 53.7 Å². The summed E-state index contributed by atoms with van der Waals surface area (Å²) in [7, 11) is -4.15. The Morgan fingerprint density at radius 3 is 2.49 bits per heavy atom. The summed E-state index contributed by atoms with van der Waals surface area (Å²) in [5.41, 5.74) is -0.690. The van der Waals surface area contributed by atoms with Crippen molar-refractivity contribution in [2.45, 2.75) is 67.1 Å². The minimum Gasteiger partial charge on any atom is -0.353 e. The van der Waals surface area contributed by atoms with Crippen molar-refractivity contribution < 1.29 is 30.4 Å². The molecule has 2 saturated heterocycles. The molecule has 0 radical (unpaired) electrons. The molecule has 2 atom stereocenters. The van der Waals surface area contributed by atoms with Crippen LogP contribution in [-0.2, 0) is 10.0 Å². The first kappa shape index (κ1) is 30.1. The van der Waals surface area contributed by atoms with Crippen LogP contribution >= 0.6 is 11.3 Å². The molecule has 238 valence electrons. The van der Waals surface area contributed by atoms with E-state index >= 15 is 4.39 Å². The van der Waals surface area contributed by atoms with Crippen LogP contribution in [0.5, 0.6) is 0 Å². The molecule has 4 aromatic rings. The SMILES string of the molecule is N#CC1(NS(=O)(=O)c2ccc3c4c(N5CCC(N6CCC(F)(F)CC6)[C@@H](F)C5)ncnc4n(-c4nnc(C(F)F)s4)c3c2)CC1. The van der Waals surface area contributed by atoms with Crippen molar-refractivity contribution in [3.05, 3.63) is 29.5 Å². The Labute approximate surface area is 257 Å². The fourth-order valence-electron chi connectivity index (χ4n) is 6.16. The van der Waals surface area contributed by atoms with Gasteiger partial charge in [-0.15, -0.1) is 10.2 Å². The fourth-order valence-corrected chi connectivity index (χ4v) is 8.27. The number of nitriles is 1. The molecule has 1 saturated carbocycles. The van der Waals surface area contributed by atoms with Crippen molar-refractivity contribution in [3.8, 4) is 11.2 Å². The lowest BCUT2D eigenvalue weighted by Gasteiger charge is -2.43. The smallest absolute Gasteiger partial charge is 0.291 e. The van der Waals surface area contributed by atoms with Crippen molar-refractivity contribution in [1.82, 2.24) is 34.4 Å². The molecule has 1 aliphatic carbocycles. The van der Waals surface area contributed by atoms with Crippen LogP contribution in [0.1, 0.15) is 43.5 Å². The number of hydrogen-bond acceptors (Lipinski definition) is 10. The highest BCUT2D eigenvalue weighted by Gasteiger charge is 2.47. The molecule has 45 heavy (non-hydrogen) atoms. The fraction of sp³-hybridized carbons (Fsp3) is 0.519. The maximum atomic E-state index is 15.7. The molecule has 0 amide bonds. The number of nitrogens with one attached hydrogen (secondary N) is 1. The Kier molecular flexibility index (Phi) is 7.22. The van der Waals surface area contributed by atoms with Crippen molar-refractivity contribution in [3.63, 3.8) is 0 Å². The zero-order valence-corrected chi connectivity index (χ0v) is 25.1. The number of sulfonamides is 1. The van der Waals surface area contributed by atoms with Gasteiger partial charge in [0.1, 0.15) is 23.9 Å². The number of hydrogen-bond donors (Lipinski definition) is 1. The number of aromatic nitrogens is 5. The number of alkyl halides is 5. The Morgan fingerprint density at radius 2 is 1.84 bits per heavy atom. The summed E-state index contributed by atoms with van der Waals surface area (Å²) in [6, 6.07) is 5.71. The van der Waals surface area contributed by atoms with Gasteiger partial charge in [-0.2, -0.15) is 9.98 Å². The number of fused-ring (bicyclic) bond motifs is 3. The Bertz CT molecular complexity index is 1930. The molecular weight excluding hydrogens is 641 g/mol. The van der Waals surface area contributed by atoms with Crippen molar-refractivity contribution >= 4 is 49.1 Å². The highest BCUT2D eigenvalue weighted by Crippen LogP contribution is 2.41. The van der Waals surface area contributed by atoms with Crippen LogP contribution in [0, 0.1) is 11.3 Å². The molecule has 18 heteroatoms. The number of halogens is 5. The van der Waals surface area contributed by atoms with Gasteiger partial charge in [-0.25, -0.2) is 40.3 Å². The standard InChI is InChI=1S/C27H26F5N9O2S2/c28-17-12-40(8-3-18(17)39-9-6-27(31,32)7-10-39)22-20-16-2-1-15(45(42,43)38-26(13-33)4-5-26)11-19(16)41(23(20)35-14-34-22)25-37-36-24(44-25)21(29)30/h1-2,11,14,17-18,21,38H,3-10,12H2/t17-,18?/m0/s1. The van der Waals surface area contributed by atoms with Crippen molar-refractivity contribution in [1.29, 1.82) is 5.26 Å². The molecule has 0 bridgehead atoms. The van der Waals surface area contributed by atoms with E-state index in [1.807, 2.05) is 6.07 Å². The van der Waals surface area contributed by atoms with Gasteiger partial charge in [0.25, 0.3) is 12.3 Å². The van der Waals surface area contributed by atoms with Crippen LogP contribution in [0.3, 0.4) is 0 Å². The van der Waals surface area contributed by atoms with Gasteiger partial charge in [0, 0.05) is 43.9 Å². The summed E-state index contributed by atoms with van der Waals surface area (Å²) in [6.07, 6.45) is -2.51. The molecule has 7 rings (SSSR count). The van der Waals surface area contributed by atoms with Gasteiger partial charge in [0.15, 0.2) is 10.7 Å². The number of anilines is 1. The Hall–Kier alpha value is -3.53. The third kappa shape index (κ3) is 5.38. The molecule has 1 N–H and O–H groups in total. The van der Waals surface area contributed by atoms with Crippen LogP contribution in [0.25, 0.3) is 27.1 Å². The van der Waals surface area contributed by atoms with E-state index in [0.717, 1.165) is 0 Å².